The van der Waals surface area contributed by atoms with Crippen LogP contribution in [0.25, 0.3) is 0 Å². The van der Waals surface area contributed by atoms with Gasteiger partial charge in [0.2, 0.25) is 0 Å². The molecule has 0 heterocycles. The third kappa shape index (κ3) is 6.56. The van der Waals surface area contributed by atoms with Crippen molar-refractivity contribution in [2.45, 2.75) is 13.5 Å². The highest BCUT2D eigenvalue weighted by molar-refractivity contribution is 5.14. The van der Waals surface area contributed by atoms with E-state index >= 15 is 0 Å². The Morgan fingerprint density at radius 1 is 1.00 bits per heavy atom. The van der Waals surface area contributed by atoms with Crippen LogP contribution in [0.1, 0.15) is 12.5 Å². The molecule has 1 aromatic rings. The standard InChI is InChI=1S/C13H21NO2/c1-2-15-10-11-16-9-8-14-12-13-6-4-3-5-7-13/h3-7,14H,2,8-12H2,1H3. The highest BCUT2D eigenvalue weighted by atomic mass is 16.5. The normalized spacial score (nSPS) is 10.6. The Bertz CT molecular complexity index is 251. The summed E-state index contributed by atoms with van der Waals surface area (Å²) in [6, 6.07) is 10.4. The van der Waals surface area contributed by atoms with Crippen molar-refractivity contribution in [3.63, 3.8) is 0 Å². The van der Waals surface area contributed by atoms with Crippen LogP contribution in [0.3, 0.4) is 0 Å². The molecule has 0 radical (unpaired) electrons. The fraction of sp³-hybridized carbons (Fsp3) is 0.538. The number of hydrogen-bond donors (Lipinski definition) is 1. The summed E-state index contributed by atoms with van der Waals surface area (Å²) >= 11 is 0. The number of ether oxygens (including phenoxy) is 2. The van der Waals surface area contributed by atoms with Crippen LogP contribution in [0.5, 0.6) is 0 Å². The molecule has 0 aliphatic rings. The summed E-state index contributed by atoms with van der Waals surface area (Å²) in [4.78, 5) is 0. The number of rotatable bonds is 9. The van der Waals surface area contributed by atoms with Crippen LogP contribution in [-0.2, 0) is 16.0 Å². The predicted octanol–water partition coefficient (Wildman–Crippen LogP) is 1.83. The molecule has 1 rings (SSSR count). The molecule has 0 saturated carbocycles. The second-order valence-electron chi connectivity index (χ2n) is 3.47. The Labute approximate surface area is 97.8 Å². The number of nitrogens with one attached hydrogen (secondary N) is 1. The van der Waals surface area contributed by atoms with Crippen LogP contribution in [0, 0.1) is 0 Å². The van der Waals surface area contributed by atoms with Crippen molar-refractivity contribution in [2.75, 3.05) is 33.0 Å². The van der Waals surface area contributed by atoms with E-state index in [1.54, 1.807) is 0 Å². The summed E-state index contributed by atoms with van der Waals surface area (Å²) in [5.41, 5.74) is 1.30. The molecule has 0 unspecified atom stereocenters. The van der Waals surface area contributed by atoms with Crippen molar-refractivity contribution >= 4 is 0 Å². The van der Waals surface area contributed by atoms with Gasteiger partial charge in [-0.2, -0.15) is 0 Å². The maximum atomic E-state index is 5.39. The molecule has 0 spiro atoms. The zero-order valence-electron chi connectivity index (χ0n) is 9.95. The van der Waals surface area contributed by atoms with Gasteiger partial charge in [0.1, 0.15) is 0 Å². The lowest BCUT2D eigenvalue weighted by molar-refractivity contribution is 0.0539. The summed E-state index contributed by atoms with van der Waals surface area (Å²) in [6.45, 7) is 6.63. The zero-order valence-corrected chi connectivity index (χ0v) is 9.95. The topological polar surface area (TPSA) is 30.5 Å². The molecule has 3 heteroatoms. The van der Waals surface area contributed by atoms with Gasteiger partial charge in [-0.3, -0.25) is 0 Å². The molecule has 0 atom stereocenters. The zero-order chi connectivity index (χ0) is 11.5. The second-order valence-corrected chi connectivity index (χ2v) is 3.47. The van der Waals surface area contributed by atoms with Gasteiger partial charge in [-0.1, -0.05) is 30.3 Å². The summed E-state index contributed by atoms with van der Waals surface area (Å²) in [6.07, 6.45) is 0. The quantitative estimate of drug-likeness (QED) is 0.648. The van der Waals surface area contributed by atoms with E-state index in [-0.39, 0.29) is 0 Å². The van der Waals surface area contributed by atoms with Crippen LogP contribution in [0.2, 0.25) is 0 Å². The van der Waals surface area contributed by atoms with Crippen molar-refractivity contribution in [1.29, 1.82) is 0 Å². The van der Waals surface area contributed by atoms with E-state index in [1.165, 1.54) is 5.56 Å². The second kappa shape index (κ2) is 9.33. The number of benzene rings is 1. The lowest BCUT2D eigenvalue weighted by Gasteiger charge is -2.06. The molecule has 3 nitrogen and oxygen atoms in total. The summed E-state index contributed by atoms with van der Waals surface area (Å²) in [5, 5.41) is 3.33. The van der Waals surface area contributed by atoms with Gasteiger partial charge in [-0.05, 0) is 12.5 Å². The van der Waals surface area contributed by atoms with E-state index in [1.807, 2.05) is 13.0 Å². The molecular formula is C13H21NO2. The third-order valence-corrected chi connectivity index (χ3v) is 2.17. The van der Waals surface area contributed by atoms with Crippen molar-refractivity contribution < 1.29 is 9.47 Å². The van der Waals surface area contributed by atoms with Crippen molar-refractivity contribution in [1.82, 2.24) is 5.32 Å². The van der Waals surface area contributed by atoms with Crippen molar-refractivity contribution in [2.24, 2.45) is 0 Å². The maximum absolute atomic E-state index is 5.39. The number of hydrogen-bond acceptors (Lipinski definition) is 3. The third-order valence-electron chi connectivity index (χ3n) is 2.17. The first kappa shape index (κ1) is 13.2. The van der Waals surface area contributed by atoms with E-state index in [4.69, 9.17) is 9.47 Å². The molecule has 16 heavy (non-hydrogen) atoms. The Morgan fingerprint density at radius 2 is 1.75 bits per heavy atom. The molecule has 0 saturated heterocycles. The minimum atomic E-state index is 0.681. The fourth-order valence-electron chi connectivity index (χ4n) is 1.34. The molecule has 0 aromatic heterocycles. The minimum Gasteiger partial charge on any atom is -0.379 e. The first-order valence-corrected chi connectivity index (χ1v) is 5.83. The highest BCUT2D eigenvalue weighted by Gasteiger charge is 1.91. The van der Waals surface area contributed by atoms with E-state index in [0.717, 1.165) is 26.3 Å². The monoisotopic (exact) mass is 223 g/mol. The van der Waals surface area contributed by atoms with E-state index < -0.39 is 0 Å². The maximum Gasteiger partial charge on any atom is 0.0701 e. The van der Waals surface area contributed by atoms with Gasteiger partial charge in [-0.25, -0.2) is 0 Å². The van der Waals surface area contributed by atoms with Gasteiger partial charge in [0.15, 0.2) is 0 Å². The molecule has 0 amide bonds. The van der Waals surface area contributed by atoms with Crippen LogP contribution >= 0.6 is 0 Å². The van der Waals surface area contributed by atoms with Crippen LogP contribution in [-0.4, -0.2) is 33.0 Å². The molecule has 90 valence electrons. The molecule has 1 N–H and O–H groups in total. The van der Waals surface area contributed by atoms with E-state index in [9.17, 15) is 0 Å². The molecule has 1 aromatic carbocycles. The Kier molecular flexibility index (Phi) is 7.68. The first-order valence-electron chi connectivity index (χ1n) is 5.83. The average Bonchev–Trinajstić information content (AvgIpc) is 2.34. The van der Waals surface area contributed by atoms with Crippen molar-refractivity contribution in [3.8, 4) is 0 Å². The predicted molar refractivity (Wildman–Crippen MR) is 65.5 cm³/mol. The Morgan fingerprint density at radius 3 is 2.50 bits per heavy atom. The fourth-order valence-corrected chi connectivity index (χ4v) is 1.34. The van der Waals surface area contributed by atoms with Crippen LogP contribution < -0.4 is 5.32 Å². The smallest absolute Gasteiger partial charge is 0.0701 e. The molecule has 0 aliphatic carbocycles. The molecule has 0 fully saturated rings. The van der Waals surface area contributed by atoms with E-state index in [2.05, 4.69) is 29.6 Å². The van der Waals surface area contributed by atoms with Gasteiger partial charge in [0, 0.05) is 19.7 Å². The average molecular weight is 223 g/mol. The first-order chi connectivity index (χ1) is 7.93. The van der Waals surface area contributed by atoms with Crippen LogP contribution in [0.15, 0.2) is 30.3 Å². The Hall–Kier alpha value is -0.900. The van der Waals surface area contributed by atoms with Gasteiger partial charge < -0.3 is 14.8 Å². The summed E-state index contributed by atoms with van der Waals surface area (Å²) < 4.78 is 10.6. The lowest BCUT2D eigenvalue weighted by Crippen LogP contribution is -2.20. The van der Waals surface area contributed by atoms with Gasteiger partial charge in [0.25, 0.3) is 0 Å². The summed E-state index contributed by atoms with van der Waals surface area (Å²) in [7, 11) is 0. The molecule has 0 bridgehead atoms. The van der Waals surface area contributed by atoms with E-state index in [0.29, 0.717) is 13.2 Å². The summed E-state index contributed by atoms with van der Waals surface area (Å²) in [5.74, 6) is 0. The Balaban J connectivity index is 1.89. The molecule has 0 aliphatic heterocycles. The van der Waals surface area contributed by atoms with Gasteiger partial charge in [0.05, 0.1) is 19.8 Å². The lowest BCUT2D eigenvalue weighted by atomic mass is 10.2. The van der Waals surface area contributed by atoms with Gasteiger partial charge >= 0.3 is 0 Å². The largest absolute Gasteiger partial charge is 0.379 e. The van der Waals surface area contributed by atoms with Gasteiger partial charge in [-0.15, -0.1) is 0 Å². The molecular weight excluding hydrogens is 202 g/mol. The SMILES string of the molecule is CCOCCOCCNCc1ccccc1. The minimum absolute atomic E-state index is 0.681. The highest BCUT2D eigenvalue weighted by Crippen LogP contribution is 1.96. The van der Waals surface area contributed by atoms with Crippen molar-refractivity contribution in [3.05, 3.63) is 35.9 Å². The van der Waals surface area contributed by atoms with Crippen LogP contribution in [0.4, 0.5) is 0 Å².